The van der Waals surface area contributed by atoms with Crippen LogP contribution in [0.15, 0.2) is 12.4 Å². The largest absolute Gasteiger partial charge is 0.356 e. The maximum Gasteiger partial charge on any atom is 0.132 e. The third kappa shape index (κ3) is 3.74. The summed E-state index contributed by atoms with van der Waals surface area (Å²) in [5.74, 6) is 2.52. The van der Waals surface area contributed by atoms with Gasteiger partial charge in [0.2, 0.25) is 0 Å². The molecule has 1 aliphatic heterocycles. The van der Waals surface area contributed by atoms with Gasteiger partial charge >= 0.3 is 0 Å². The molecule has 1 aromatic rings. The fraction of sp³-hybridized carbons (Fsp3) is 0.714. The molecule has 0 radical (unpaired) electrons. The molecule has 6 heteroatoms. The van der Waals surface area contributed by atoms with Gasteiger partial charge in [0.1, 0.15) is 12.1 Å². The maximum absolute atomic E-state index is 5.85. The number of aromatic nitrogens is 2. The molecule has 1 saturated carbocycles. The smallest absolute Gasteiger partial charge is 0.132 e. The van der Waals surface area contributed by atoms with Crippen molar-refractivity contribution in [3.8, 4) is 0 Å². The highest BCUT2D eigenvalue weighted by atomic mass is 35.5. The fourth-order valence-corrected chi connectivity index (χ4v) is 2.90. The first-order valence-corrected chi connectivity index (χ1v) is 7.05. The van der Waals surface area contributed by atoms with Crippen LogP contribution in [0.3, 0.4) is 0 Å². The minimum atomic E-state index is 0. The van der Waals surface area contributed by atoms with Gasteiger partial charge in [0.05, 0.1) is 0 Å². The first-order chi connectivity index (χ1) is 8.72. The number of piperidine rings is 1. The van der Waals surface area contributed by atoms with Crippen LogP contribution in [-0.4, -0.2) is 29.1 Å². The molecule has 2 N–H and O–H groups in total. The third-order valence-corrected chi connectivity index (χ3v) is 4.37. The van der Waals surface area contributed by atoms with Crippen LogP contribution >= 0.6 is 24.8 Å². The van der Waals surface area contributed by atoms with Crippen LogP contribution in [0.2, 0.25) is 0 Å². The van der Waals surface area contributed by atoms with Gasteiger partial charge in [-0.3, -0.25) is 0 Å². The summed E-state index contributed by atoms with van der Waals surface area (Å²) >= 11 is 0. The van der Waals surface area contributed by atoms with E-state index in [0.717, 1.165) is 37.7 Å². The topological polar surface area (TPSA) is 55.0 Å². The highest BCUT2D eigenvalue weighted by Crippen LogP contribution is 2.35. The summed E-state index contributed by atoms with van der Waals surface area (Å²) in [4.78, 5) is 11.2. The second kappa shape index (κ2) is 7.43. The van der Waals surface area contributed by atoms with Crippen LogP contribution in [-0.2, 0) is 0 Å². The van der Waals surface area contributed by atoms with Crippen molar-refractivity contribution in [3.05, 3.63) is 18.1 Å². The Bertz CT molecular complexity index is 415. The Morgan fingerprint density at radius 2 is 1.80 bits per heavy atom. The van der Waals surface area contributed by atoms with E-state index in [1.54, 1.807) is 6.33 Å². The summed E-state index contributed by atoms with van der Waals surface area (Å²) in [6, 6.07) is 2.55. The van der Waals surface area contributed by atoms with Gasteiger partial charge in [-0.15, -0.1) is 24.8 Å². The van der Waals surface area contributed by atoms with E-state index in [1.165, 1.54) is 18.5 Å². The van der Waals surface area contributed by atoms with Gasteiger partial charge in [-0.1, -0.05) is 6.92 Å². The lowest BCUT2D eigenvalue weighted by atomic mass is 9.78. The van der Waals surface area contributed by atoms with Gasteiger partial charge in [-0.2, -0.15) is 0 Å². The second-order valence-electron chi connectivity index (χ2n) is 5.90. The summed E-state index contributed by atoms with van der Waals surface area (Å²) in [5, 5.41) is 0. The number of anilines is 1. The number of hydrogen-bond donors (Lipinski definition) is 1. The molecule has 2 aliphatic rings. The average Bonchev–Trinajstić information content (AvgIpc) is 2.36. The molecule has 1 aliphatic carbocycles. The summed E-state index contributed by atoms with van der Waals surface area (Å²) in [6.07, 6.45) is 6.41. The van der Waals surface area contributed by atoms with Crippen LogP contribution in [0.4, 0.5) is 5.82 Å². The molecule has 0 atom stereocenters. The van der Waals surface area contributed by atoms with Gasteiger partial charge in [-0.05, 0) is 31.6 Å². The lowest BCUT2D eigenvalue weighted by molar-refractivity contribution is 0.344. The zero-order chi connectivity index (χ0) is 12.5. The van der Waals surface area contributed by atoms with E-state index in [0.29, 0.717) is 12.0 Å². The SMILES string of the molecule is CC1CCN(c2cc(C3CC(N)C3)ncn2)CC1.Cl.Cl. The molecule has 114 valence electrons. The molecule has 3 rings (SSSR count). The number of rotatable bonds is 2. The highest BCUT2D eigenvalue weighted by molar-refractivity contribution is 5.85. The predicted octanol–water partition coefficient (Wildman–Crippen LogP) is 2.76. The molecule has 0 spiro atoms. The lowest BCUT2D eigenvalue weighted by Crippen LogP contribution is -2.36. The number of nitrogens with two attached hydrogens (primary N) is 1. The normalized spacial score (nSPS) is 26.2. The van der Waals surface area contributed by atoms with Crippen molar-refractivity contribution in [2.75, 3.05) is 18.0 Å². The average molecular weight is 319 g/mol. The van der Waals surface area contributed by atoms with Crippen molar-refractivity contribution in [1.82, 2.24) is 9.97 Å². The minimum Gasteiger partial charge on any atom is -0.356 e. The Morgan fingerprint density at radius 1 is 1.15 bits per heavy atom. The lowest BCUT2D eigenvalue weighted by Gasteiger charge is -2.34. The molecule has 0 bridgehead atoms. The van der Waals surface area contributed by atoms with Crippen molar-refractivity contribution >= 4 is 30.6 Å². The number of nitrogens with zero attached hydrogens (tertiary/aromatic N) is 3. The zero-order valence-corrected chi connectivity index (χ0v) is 13.5. The van der Waals surface area contributed by atoms with E-state index in [2.05, 4.69) is 27.9 Å². The molecule has 1 saturated heterocycles. The van der Waals surface area contributed by atoms with E-state index in [-0.39, 0.29) is 24.8 Å². The van der Waals surface area contributed by atoms with Crippen LogP contribution in [0.1, 0.15) is 44.2 Å². The molecule has 4 nitrogen and oxygen atoms in total. The molecule has 0 aromatic carbocycles. The monoisotopic (exact) mass is 318 g/mol. The summed E-state index contributed by atoms with van der Waals surface area (Å²) in [6.45, 7) is 4.59. The molecule has 20 heavy (non-hydrogen) atoms. The number of halogens is 2. The molecular weight excluding hydrogens is 295 g/mol. The summed E-state index contributed by atoms with van der Waals surface area (Å²) < 4.78 is 0. The molecule has 1 aromatic heterocycles. The molecular formula is C14H24Cl2N4. The van der Waals surface area contributed by atoms with E-state index in [9.17, 15) is 0 Å². The fourth-order valence-electron chi connectivity index (χ4n) is 2.90. The van der Waals surface area contributed by atoms with Crippen LogP contribution in [0.25, 0.3) is 0 Å². The van der Waals surface area contributed by atoms with Gasteiger partial charge < -0.3 is 10.6 Å². The summed E-state index contributed by atoms with van der Waals surface area (Å²) in [5.41, 5.74) is 7.03. The van der Waals surface area contributed by atoms with E-state index in [4.69, 9.17) is 5.73 Å². The first-order valence-electron chi connectivity index (χ1n) is 7.05. The van der Waals surface area contributed by atoms with Crippen molar-refractivity contribution in [1.29, 1.82) is 0 Å². The molecule has 2 fully saturated rings. The second-order valence-corrected chi connectivity index (χ2v) is 5.90. The van der Waals surface area contributed by atoms with Crippen LogP contribution in [0, 0.1) is 5.92 Å². The van der Waals surface area contributed by atoms with Crippen molar-refractivity contribution in [3.63, 3.8) is 0 Å². The van der Waals surface area contributed by atoms with E-state index >= 15 is 0 Å². The third-order valence-electron chi connectivity index (χ3n) is 4.37. The Kier molecular flexibility index (Phi) is 6.49. The Labute approximate surface area is 133 Å². The standard InChI is InChI=1S/C14H22N4.2ClH/c1-10-2-4-18(5-3-10)14-8-13(16-9-17-14)11-6-12(15)7-11;;/h8-12H,2-7,15H2,1H3;2*1H. The van der Waals surface area contributed by atoms with Gasteiger partial charge in [0, 0.05) is 36.8 Å². The Balaban J connectivity index is 0.000001000. The van der Waals surface area contributed by atoms with Crippen LogP contribution in [0.5, 0.6) is 0 Å². The van der Waals surface area contributed by atoms with Crippen LogP contribution < -0.4 is 10.6 Å². The van der Waals surface area contributed by atoms with E-state index < -0.39 is 0 Å². The van der Waals surface area contributed by atoms with E-state index in [1.807, 2.05) is 0 Å². The van der Waals surface area contributed by atoms with Crippen molar-refractivity contribution in [2.45, 2.75) is 44.6 Å². The first kappa shape index (κ1) is 17.5. The quantitative estimate of drug-likeness (QED) is 0.911. The Hall–Kier alpha value is -0.580. The molecule has 0 amide bonds. The highest BCUT2D eigenvalue weighted by Gasteiger charge is 2.29. The maximum atomic E-state index is 5.85. The van der Waals surface area contributed by atoms with Gasteiger partial charge in [0.15, 0.2) is 0 Å². The summed E-state index contributed by atoms with van der Waals surface area (Å²) in [7, 11) is 0. The Morgan fingerprint density at radius 3 is 2.40 bits per heavy atom. The number of hydrogen-bond acceptors (Lipinski definition) is 4. The van der Waals surface area contributed by atoms with Gasteiger partial charge in [-0.25, -0.2) is 9.97 Å². The van der Waals surface area contributed by atoms with Gasteiger partial charge in [0.25, 0.3) is 0 Å². The zero-order valence-electron chi connectivity index (χ0n) is 11.9. The molecule has 2 heterocycles. The molecule has 0 unspecified atom stereocenters. The minimum absolute atomic E-state index is 0. The predicted molar refractivity (Wildman–Crippen MR) is 87.1 cm³/mol. The van der Waals surface area contributed by atoms with Crippen molar-refractivity contribution < 1.29 is 0 Å². The van der Waals surface area contributed by atoms with Crippen molar-refractivity contribution in [2.24, 2.45) is 11.7 Å².